The standard InChI is InChI=1S/C16H13N3O2.2C13H26O3/c1-10(20)17-16-18-13-8-7-12(9-14(13)19-16)15(21)11-5-3-2-4-6-11;1-2-3-4-5-6-7-8-9-13-15-10-12(14)11-16-13;1-2-3-4-5-6-7-8-9-13-15-11-12(10-14)16-13/h2-9H,1H3,(H2,17,18,19,20);2*12-14H,2-11H2,1H3. The molecule has 2 saturated heterocycles. The van der Waals surface area contributed by atoms with Crippen LogP contribution in [0.1, 0.15) is 139 Å². The van der Waals surface area contributed by atoms with Crippen LogP contribution in [0.15, 0.2) is 48.5 Å². The number of carbonyl (C=O) groups excluding carboxylic acids is 2. The van der Waals surface area contributed by atoms with Crippen LogP contribution >= 0.6 is 0 Å². The van der Waals surface area contributed by atoms with Gasteiger partial charge in [0.15, 0.2) is 18.4 Å². The van der Waals surface area contributed by atoms with Crippen LogP contribution in [0.25, 0.3) is 11.0 Å². The minimum absolute atomic E-state index is 0.0480. The zero-order chi connectivity index (χ0) is 38.1. The van der Waals surface area contributed by atoms with Crippen molar-refractivity contribution in [3.8, 4) is 0 Å². The van der Waals surface area contributed by atoms with Crippen LogP contribution in [-0.4, -0.2) is 83.1 Å². The highest BCUT2D eigenvalue weighted by atomic mass is 16.7. The number of fused-ring (bicyclic) bond motifs is 1. The van der Waals surface area contributed by atoms with Gasteiger partial charge in [-0.05, 0) is 43.9 Å². The third-order valence-electron chi connectivity index (χ3n) is 9.13. The molecule has 53 heavy (non-hydrogen) atoms. The summed E-state index contributed by atoms with van der Waals surface area (Å²) in [7, 11) is 0. The molecule has 2 unspecified atom stereocenters. The Morgan fingerprint density at radius 1 is 0.755 bits per heavy atom. The second-order valence-electron chi connectivity index (χ2n) is 14.0. The summed E-state index contributed by atoms with van der Waals surface area (Å²) in [5.74, 6) is 0.129. The maximum atomic E-state index is 12.4. The van der Waals surface area contributed by atoms with Gasteiger partial charge < -0.3 is 34.1 Å². The molecule has 1 aromatic heterocycles. The monoisotopic (exact) mass is 739 g/mol. The van der Waals surface area contributed by atoms with Crippen molar-refractivity contribution >= 4 is 28.7 Å². The van der Waals surface area contributed by atoms with Crippen LogP contribution in [0.2, 0.25) is 0 Å². The summed E-state index contributed by atoms with van der Waals surface area (Å²) in [5.41, 5.74) is 2.62. The average molecular weight is 740 g/mol. The van der Waals surface area contributed by atoms with Crippen molar-refractivity contribution in [1.29, 1.82) is 0 Å². The van der Waals surface area contributed by atoms with Gasteiger partial charge in [0, 0.05) is 18.1 Å². The Morgan fingerprint density at radius 2 is 1.32 bits per heavy atom. The van der Waals surface area contributed by atoms with Crippen LogP contribution in [0.3, 0.4) is 0 Å². The number of rotatable bonds is 20. The number of ketones is 1. The van der Waals surface area contributed by atoms with Crippen molar-refractivity contribution in [1.82, 2.24) is 9.97 Å². The third-order valence-corrected chi connectivity index (χ3v) is 9.13. The van der Waals surface area contributed by atoms with E-state index in [0.29, 0.717) is 47.9 Å². The molecular formula is C42H65N3O8. The Morgan fingerprint density at radius 3 is 1.89 bits per heavy atom. The van der Waals surface area contributed by atoms with E-state index in [9.17, 15) is 9.59 Å². The topological polar surface area (TPSA) is 152 Å². The van der Waals surface area contributed by atoms with Crippen molar-refractivity contribution < 1.29 is 38.7 Å². The second kappa shape index (κ2) is 26.6. The molecule has 1 amide bonds. The van der Waals surface area contributed by atoms with Crippen molar-refractivity contribution in [3.63, 3.8) is 0 Å². The molecule has 0 radical (unpaired) electrons. The molecule has 3 heterocycles. The highest BCUT2D eigenvalue weighted by Gasteiger charge is 2.24. The summed E-state index contributed by atoms with van der Waals surface area (Å²) >= 11 is 0. The second-order valence-corrected chi connectivity index (χ2v) is 14.0. The van der Waals surface area contributed by atoms with Crippen molar-refractivity contribution in [2.75, 3.05) is 31.7 Å². The molecule has 0 saturated carbocycles. The summed E-state index contributed by atoms with van der Waals surface area (Å²) in [6, 6.07) is 14.3. The minimum Gasteiger partial charge on any atom is -0.394 e. The maximum absolute atomic E-state index is 12.4. The molecule has 2 fully saturated rings. The highest BCUT2D eigenvalue weighted by molar-refractivity contribution is 6.10. The Bertz CT molecular complexity index is 1390. The lowest BCUT2D eigenvalue weighted by Gasteiger charge is -2.26. The third kappa shape index (κ3) is 18.1. The van der Waals surface area contributed by atoms with Gasteiger partial charge in [0.1, 0.15) is 12.2 Å². The van der Waals surface area contributed by atoms with E-state index >= 15 is 0 Å². The first kappa shape index (κ1) is 44.2. The first-order valence-electron chi connectivity index (χ1n) is 20.0. The van der Waals surface area contributed by atoms with E-state index in [0.717, 1.165) is 12.8 Å². The van der Waals surface area contributed by atoms with Crippen LogP contribution in [0.4, 0.5) is 5.95 Å². The number of hydrogen-bond donors (Lipinski definition) is 4. The summed E-state index contributed by atoms with van der Waals surface area (Å²) in [4.78, 5) is 30.6. The van der Waals surface area contributed by atoms with Gasteiger partial charge in [-0.1, -0.05) is 121 Å². The van der Waals surface area contributed by atoms with Gasteiger partial charge in [0.05, 0.1) is 37.5 Å². The number of aromatic nitrogens is 2. The number of nitrogens with one attached hydrogen (secondary N) is 2. The van der Waals surface area contributed by atoms with Gasteiger partial charge in [0.2, 0.25) is 11.9 Å². The van der Waals surface area contributed by atoms with Gasteiger partial charge in [-0.2, -0.15) is 0 Å². The fourth-order valence-electron chi connectivity index (χ4n) is 6.12. The molecule has 2 aliphatic rings. The molecule has 11 heteroatoms. The highest BCUT2D eigenvalue weighted by Crippen LogP contribution is 2.20. The largest absolute Gasteiger partial charge is 0.394 e. The summed E-state index contributed by atoms with van der Waals surface area (Å²) in [6.07, 6.45) is 19.7. The predicted molar refractivity (Wildman–Crippen MR) is 209 cm³/mol. The van der Waals surface area contributed by atoms with E-state index in [1.807, 2.05) is 18.2 Å². The number of aromatic amines is 1. The fourth-order valence-corrected chi connectivity index (χ4v) is 6.12. The SMILES string of the molecule is CC(=O)Nc1nc2ccc(C(=O)c3ccccc3)cc2[nH]1.CCCCCCCCCC1OCC(CO)O1.CCCCCCCCCC1OCC(O)CO1. The van der Waals surface area contributed by atoms with Crippen molar-refractivity contribution in [3.05, 3.63) is 59.7 Å². The lowest BCUT2D eigenvalue weighted by molar-refractivity contribution is -0.218. The average Bonchev–Trinajstić information content (AvgIpc) is 3.81. The quantitative estimate of drug-likeness (QED) is 0.0661. The molecule has 0 bridgehead atoms. The van der Waals surface area contributed by atoms with Gasteiger partial charge in [-0.25, -0.2) is 4.98 Å². The first-order chi connectivity index (χ1) is 25.8. The molecular weight excluding hydrogens is 674 g/mol. The number of carbonyl (C=O) groups is 2. The van der Waals surface area contributed by atoms with Crippen molar-refractivity contribution in [2.24, 2.45) is 0 Å². The number of benzene rings is 2. The molecule has 11 nitrogen and oxygen atoms in total. The molecule has 3 aromatic rings. The summed E-state index contributed by atoms with van der Waals surface area (Å²) in [6.45, 7) is 7.39. The molecule has 2 aliphatic heterocycles. The Labute approximate surface area is 316 Å². The zero-order valence-corrected chi connectivity index (χ0v) is 32.4. The van der Waals surface area contributed by atoms with Gasteiger partial charge in [0.25, 0.3) is 0 Å². The fraction of sp³-hybridized carbons (Fsp3) is 0.643. The number of unbranched alkanes of at least 4 members (excludes halogenated alkanes) is 12. The molecule has 5 rings (SSSR count). The predicted octanol–water partition coefficient (Wildman–Crippen LogP) is 8.47. The summed E-state index contributed by atoms with van der Waals surface area (Å²) in [5, 5.41) is 20.6. The molecule has 0 aliphatic carbocycles. The van der Waals surface area contributed by atoms with E-state index in [-0.39, 0.29) is 37.0 Å². The Kier molecular flexibility index (Phi) is 22.2. The number of anilines is 1. The number of aliphatic hydroxyl groups is 2. The molecule has 4 N–H and O–H groups in total. The Balaban J connectivity index is 0.000000218. The number of nitrogens with zero attached hydrogens (tertiary/aromatic N) is 1. The molecule has 2 aromatic carbocycles. The smallest absolute Gasteiger partial charge is 0.223 e. The molecule has 2 atom stereocenters. The van der Waals surface area contributed by atoms with Crippen molar-refractivity contribution in [2.45, 2.75) is 148 Å². The van der Waals surface area contributed by atoms with E-state index < -0.39 is 6.10 Å². The van der Waals surface area contributed by atoms with E-state index in [2.05, 4.69) is 29.1 Å². The van der Waals surface area contributed by atoms with Crippen LogP contribution in [-0.2, 0) is 23.7 Å². The number of ether oxygens (including phenoxy) is 4. The van der Waals surface area contributed by atoms with Crippen LogP contribution < -0.4 is 5.32 Å². The number of H-pyrrole nitrogens is 1. The van der Waals surface area contributed by atoms with E-state index in [1.165, 1.54) is 96.8 Å². The number of imidazole rings is 1. The molecule has 0 spiro atoms. The zero-order valence-electron chi connectivity index (χ0n) is 32.4. The summed E-state index contributed by atoms with van der Waals surface area (Å²) < 4.78 is 21.6. The number of aliphatic hydroxyl groups excluding tert-OH is 2. The molecule has 296 valence electrons. The van der Waals surface area contributed by atoms with Crippen LogP contribution in [0.5, 0.6) is 0 Å². The lowest BCUT2D eigenvalue weighted by Crippen LogP contribution is -2.35. The van der Waals surface area contributed by atoms with Gasteiger partial charge >= 0.3 is 0 Å². The van der Waals surface area contributed by atoms with Gasteiger partial charge in [-0.3, -0.25) is 14.9 Å². The van der Waals surface area contributed by atoms with Crippen LogP contribution in [0, 0.1) is 0 Å². The minimum atomic E-state index is -0.426. The maximum Gasteiger partial charge on any atom is 0.223 e. The first-order valence-corrected chi connectivity index (χ1v) is 20.0. The Hall–Kier alpha value is -3.19. The number of hydrogen-bond acceptors (Lipinski definition) is 9. The lowest BCUT2D eigenvalue weighted by atomic mass is 10.0. The normalized spacial score (nSPS) is 19.6. The number of amides is 1. The van der Waals surface area contributed by atoms with Gasteiger partial charge in [-0.15, -0.1) is 0 Å². The van der Waals surface area contributed by atoms with E-state index in [4.69, 9.17) is 29.2 Å². The van der Waals surface area contributed by atoms with E-state index in [1.54, 1.807) is 30.3 Å².